The van der Waals surface area contributed by atoms with Gasteiger partial charge < -0.3 is 9.84 Å². The molecular weight excluding hydrogens is 384 g/mol. The maximum absolute atomic E-state index is 12.0. The van der Waals surface area contributed by atoms with Crippen LogP contribution >= 0.6 is 23.1 Å². The van der Waals surface area contributed by atoms with Crippen LogP contribution in [0.3, 0.4) is 0 Å². The highest BCUT2D eigenvalue weighted by Crippen LogP contribution is 2.23. The Labute approximate surface area is 154 Å². The summed E-state index contributed by atoms with van der Waals surface area (Å²) in [6.45, 7) is 0.429. The van der Waals surface area contributed by atoms with E-state index >= 15 is 0 Å². The third-order valence-corrected chi connectivity index (χ3v) is 6.91. The van der Waals surface area contributed by atoms with Crippen molar-refractivity contribution >= 4 is 39.1 Å². The normalized spacial score (nSPS) is 11.6. The third-order valence-electron chi connectivity index (χ3n) is 3.04. The van der Waals surface area contributed by atoms with Gasteiger partial charge >= 0.3 is 5.97 Å². The number of carboxylic acids is 1. The van der Waals surface area contributed by atoms with Gasteiger partial charge in [-0.25, -0.2) is 17.7 Å². The monoisotopic (exact) mass is 402 g/mol. The summed E-state index contributed by atoms with van der Waals surface area (Å²) < 4.78 is 31.5. The summed E-state index contributed by atoms with van der Waals surface area (Å²) in [4.78, 5) is 15.1. The Kier molecular flexibility index (Phi) is 6.82. The van der Waals surface area contributed by atoms with E-state index in [1.807, 2.05) is 0 Å². The summed E-state index contributed by atoms with van der Waals surface area (Å²) in [5.74, 6) is 0.339. The molecule has 7 nitrogen and oxygen atoms in total. The minimum atomic E-state index is -3.44. The first kappa shape index (κ1) is 19.7. The number of thiazole rings is 1. The number of ether oxygens (including phenoxy) is 1. The number of hydrogen-bond donors (Lipinski definition) is 1. The molecule has 0 aliphatic heterocycles. The molecule has 0 saturated carbocycles. The van der Waals surface area contributed by atoms with Crippen LogP contribution in [0.5, 0.6) is 5.75 Å². The van der Waals surface area contributed by atoms with Crippen LogP contribution in [0.15, 0.2) is 38.9 Å². The molecule has 1 aromatic heterocycles. The zero-order valence-corrected chi connectivity index (χ0v) is 16.2. The molecule has 2 aromatic rings. The molecule has 2 rings (SSSR count). The largest absolute Gasteiger partial charge is 0.493 e. The summed E-state index contributed by atoms with van der Waals surface area (Å²) >= 11 is 2.89. The fourth-order valence-electron chi connectivity index (χ4n) is 1.80. The van der Waals surface area contributed by atoms with Crippen molar-refractivity contribution in [1.29, 1.82) is 0 Å². The van der Waals surface area contributed by atoms with Gasteiger partial charge in [0, 0.05) is 25.2 Å². The average molecular weight is 403 g/mol. The molecule has 0 saturated heterocycles. The number of nitrogens with zero attached hydrogens (tertiary/aromatic N) is 2. The molecule has 1 N–H and O–H groups in total. The van der Waals surface area contributed by atoms with Crippen molar-refractivity contribution in [3.8, 4) is 5.75 Å². The fourth-order valence-corrected chi connectivity index (χ4v) is 4.43. The fraction of sp³-hybridized carbons (Fsp3) is 0.333. The lowest BCUT2D eigenvalue weighted by atomic mass is 10.3. The van der Waals surface area contributed by atoms with Gasteiger partial charge in [0.15, 0.2) is 0 Å². The molecule has 0 atom stereocenters. The van der Waals surface area contributed by atoms with Crippen molar-refractivity contribution in [2.45, 2.75) is 15.7 Å². The lowest BCUT2D eigenvalue weighted by molar-refractivity contribution is -0.136. The Balaban J connectivity index is 1.80. The van der Waals surface area contributed by atoms with Gasteiger partial charge in [0.1, 0.15) is 10.1 Å². The number of benzene rings is 1. The highest BCUT2D eigenvalue weighted by molar-refractivity contribution is 8.01. The van der Waals surface area contributed by atoms with Crippen molar-refractivity contribution in [3.05, 3.63) is 35.3 Å². The number of rotatable bonds is 9. The smallest absolute Gasteiger partial charge is 0.309 e. The molecule has 1 aromatic carbocycles. The quantitative estimate of drug-likeness (QED) is 0.507. The molecule has 0 aliphatic rings. The van der Waals surface area contributed by atoms with E-state index in [-0.39, 0.29) is 11.3 Å². The van der Waals surface area contributed by atoms with E-state index in [1.54, 1.807) is 17.5 Å². The first-order chi connectivity index (χ1) is 11.8. The van der Waals surface area contributed by atoms with Gasteiger partial charge in [0.25, 0.3) is 0 Å². The van der Waals surface area contributed by atoms with Crippen molar-refractivity contribution in [2.24, 2.45) is 0 Å². The Morgan fingerprint density at radius 1 is 1.32 bits per heavy atom. The second-order valence-corrected chi connectivity index (χ2v) is 9.48. The first-order valence-electron chi connectivity index (χ1n) is 7.23. The van der Waals surface area contributed by atoms with Gasteiger partial charge in [-0.05, 0) is 24.3 Å². The van der Waals surface area contributed by atoms with E-state index in [9.17, 15) is 13.2 Å². The van der Waals surface area contributed by atoms with E-state index in [2.05, 4.69) is 4.98 Å². The Morgan fingerprint density at radius 2 is 2.00 bits per heavy atom. The minimum absolute atomic E-state index is 0.0736. The topological polar surface area (TPSA) is 96.8 Å². The lowest BCUT2D eigenvalue weighted by Gasteiger charge is -2.12. The zero-order chi connectivity index (χ0) is 18.4. The third kappa shape index (κ3) is 5.70. The van der Waals surface area contributed by atoms with Gasteiger partial charge in [-0.2, -0.15) is 0 Å². The van der Waals surface area contributed by atoms with Crippen molar-refractivity contribution in [1.82, 2.24) is 9.29 Å². The lowest BCUT2D eigenvalue weighted by Crippen LogP contribution is -2.22. The van der Waals surface area contributed by atoms with Crippen LogP contribution < -0.4 is 4.74 Å². The molecule has 0 unspecified atom stereocenters. The average Bonchev–Trinajstić information content (AvgIpc) is 2.98. The summed E-state index contributed by atoms with van der Waals surface area (Å²) in [6, 6.07) is 6.26. The molecule has 1 heterocycles. The number of hydrogen-bond acceptors (Lipinski definition) is 7. The summed E-state index contributed by atoms with van der Waals surface area (Å²) in [7, 11) is -0.469. The molecular formula is C15H18N2O5S3. The Morgan fingerprint density at radius 3 is 2.60 bits per heavy atom. The van der Waals surface area contributed by atoms with Gasteiger partial charge in [-0.3, -0.25) is 4.79 Å². The van der Waals surface area contributed by atoms with Crippen LogP contribution in [0.4, 0.5) is 0 Å². The molecule has 0 amide bonds. The standard InChI is InChI=1S/C15H18N2O5S3/c1-17(2)25(20,21)13-5-3-12(4-6-13)22-7-8-23-15-16-11(10-24-15)9-14(18)19/h3-6,10H,7-9H2,1-2H3,(H,18,19). The number of thioether (sulfide) groups is 1. The van der Waals surface area contributed by atoms with E-state index < -0.39 is 16.0 Å². The highest BCUT2D eigenvalue weighted by Gasteiger charge is 2.16. The number of aliphatic carboxylic acids is 1. The Hall–Kier alpha value is -1.62. The van der Waals surface area contributed by atoms with E-state index in [4.69, 9.17) is 9.84 Å². The van der Waals surface area contributed by atoms with Crippen LogP contribution in [0.2, 0.25) is 0 Å². The predicted octanol–water partition coefficient (Wildman–Crippen LogP) is 2.19. The van der Waals surface area contributed by atoms with Crippen LogP contribution in [0.1, 0.15) is 5.69 Å². The van der Waals surface area contributed by atoms with Crippen LogP contribution in [-0.4, -0.2) is 55.2 Å². The van der Waals surface area contributed by atoms with E-state index in [0.29, 0.717) is 23.8 Å². The maximum atomic E-state index is 12.0. The molecule has 0 fully saturated rings. The van der Waals surface area contributed by atoms with Gasteiger partial charge in [-0.1, -0.05) is 11.8 Å². The van der Waals surface area contributed by atoms with Gasteiger partial charge in [0.05, 0.1) is 23.6 Å². The zero-order valence-electron chi connectivity index (χ0n) is 13.7. The Bertz CT molecular complexity index is 816. The van der Waals surface area contributed by atoms with Gasteiger partial charge in [0.2, 0.25) is 10.0 Å². The highest BCUT2D eigenvalue weighted by atomic mass is 32.2. The summed E-state index contributed by atoms with van der Waals surface area (Å²) in [5.41, 5.74) is 0.554. The summed E-state index contributed by atoms with van der Waals surface area (Å²) in [6.07, 6.45) is -0.0736. The van der Waals surface area contributed by atoms with Crippen molar-refractivity contribution < 1.29 is 23.1 Å². The van der Waals surface area contributed by atoms with E-state index in [0.717, 1.165) is 8.64 Å². The molecule has 25 heavy (non-hydrogen) atoms. The number of aromatic nitrogens is 1. The van der Waals surface area contributed by atoms with Crippen LogP contribution in [-0.2, 0) is 21.2 Å². The number of carboxylic acid groups (broad SMARTS) is 1. The molecule has 10 heteroatoms. The number of sulfonamides is 1. The minimum Gasteiger partial charge on any atom is -0.493 e. The second-order valence-electron chi connectivity index (χ2n) is 5.13. The second kappa shape index (κ2) is 8.65. The molecule has 0 radical (unpaired) electrons. The first-order valence-corrected chi connectivity index (χ1v) is 10.5. The molecule has 0 bridgehead atoms. The number of carbonyl (C=O) groups is 1. The van der Waals surface area contributed by atoms with Gasteiger partial charge in [-0.15, -0.1) is 11.3 Å². The summed E-state index contributed by atoms with van der Waals surface area (Å²) in [5, 5.41) is 10.5. The predicted molar refractivity (Wildman–Crippen MR) is 97.0 cm³/mol. The van der Waals surface area contributed by atoms with E-state index in [1.165, 1.54) is 49.3 Å². The van der Waals surface area contributed by atoms with Crippen molar-refractivity contribution in [3.63, 3.8) is 0 Å². The molecule has 0 aliphatic carbocycles. The van der Waals surface area contributed by atoms with Crippen LogP contribution in [0, 0.1) is 0 Å². The molecule has 0 spiro atoms. The molecule has 136 valence electrons. The maximum Gasteiger partial charge on any atom is 0.309 e. The SMILES string of the molecule is CN(C)S(=O)(=O)c1ccc(OCCSc2nc(CC(=O)O)cs2)cc1. The van der Waals surface area contributed by atoms with Crippen molar-refractivity contribution in [2.75, 3.05) is 26.5 Å². The van der Waals surface area contributed by atoms with Crippen LogP contribution in [0.25, 0.3) is 0 Å².